The number of hydrogen-bond donors (Lipinski definition) is 2. The molecule has 0 bridgehead atoms. The van der Waals surface area contributed by atoms with Gasteiger partial charge in [-0.2, -0.15) is 0 Å². The number of aromatic nitrogens is 1. The van der Waals surface area contributed by atoms with E-state index in [1.54, 1.807) is 6.92 Å². The smallest absolute Gasteiger partial charge is 0.355 e. The van der Waals surface area contributed by atoms with E-state index in [-0.39, 0.29) is 23.7 Å². The van der Waals surface area contributed by atoms with Crippen LogP contribution in [0.5, 0.6) is 0 Å². The van der Waals surface area contributed by atoms with Crippen molar-refractivity contribution in [2.45, 2.75) is 84.6 Å². The number of amides is 2. The number of ether oxygens (including phenoxy) is 1. The first-order valence-electron chi connectivity index (χ1n) is 13.4. The van der Waals surface area contributed by atoms with Gasteiger partial charge in [0.15, 0.2) is 0 Å². The largest absolute Gasteiger partial charge is 0.461 e. The van der Waals surface area contributed by atoms with Crippen LogP contribution in [0.1, 0.15) is 85.6 Å². The quantitative estimate of drug-likeness (QED) is 0.493. The number of hydrogen-bond acceptors (Lipinski definition) is 5. The molecule has 0 radical (unpaired) electrons. The van der Waals surface area contributed by atoms with Crippen LogP contribution in [0.15, 0.2) is 0 Å². The summed E-state index contributed by atoms with van der Waals surface area (Å²) < 4.78 is 5.12. The summed E-state index contributed by atoms with van der Waals surface area (Å²) in [6.45, 7) is 8.63. The molecule has 1 saturated heterocycles. The van der Waals surface area contributed by atoms with Crippen LogP contribution >= 0.6 is 0 Å². The molecule has 1 aromatic heterocycles. The number of H-pyrrole nitrogens is 1. The first kappa shape index (κ1) is 27.2. The Labute approximate surface area is 210 Å². The molecule has 1 atom stereocenters. The lowest BCUT2D eigenvalue weighted by atomic mass is 9.94. The summed E-state index contributed by atoms with van der Waals surface area (Å²) in [5.74, 6) is -0.368. The molecule has 1 unspecified atom stereocenters. The van der Waals surface area contributed by atoms with E-state index >= 15 is 0 Å². The number of nitrogens with zero attached hydrogens (tertiary/aromatic N) is 2. The lowest BCUT2D eigenvalue weighted by molar-refractivity contribution is -0.135. The minimum atomic E-state index is -0.361. The summed E-state index contributed by atoms with van der Waals surface area (Å²) in [7, 11) is 2.16. The fraction of sp³-hybridized carbons (Fsp3) is 0.741. The van der Waals surface area contributed by atoms with E-state index in [1.807, 2.05) is 18.7 Å². The van der Waals surface area contributed by atoms with E-state index in [4.69, 9.17) is 4.74 Å². The van der Waals surface area contributed by atoms with Gasteiger partial charge in [0.05, 0.1) is 12.5 Å². The summed E-state index contributed by atoms with van der Waals surface area (Å²) in [6.07, 6.45) is 9.08. The van der Waals surface area contributed by atoms with E-state index in [1.165, 1.54) is 32.1 Å². The Kier molecular flexibility index (Phi) is 10.2. The van der Waals surface area contributed by atoms with Crippen LogP contribution < -0.4 is 5.32 Å². The van der Waals surface area contributed by atoms with E-state index in [0.29, 0.717) is 50.8 Å². The van der Waals surface area contributed by atoms with Crippen LogP contribution in [-0.4, -0.2) is 78.4 Å². The highest BCUT2D eigenvalue weighted by molar-refractivity contribution is 5.90. The number of likely N-dealkylation sites (N-methyl/N-ethyl adjacent to an activating group) is 1. The number of aryl methyl sites for hydroxylation is 1. The van der Waals surface area contributed by atoms with Gasteiger partial charge in [-0.3, -0.25) is 9.59 Å². The first-order chi connectivity index (χ1) is 16.8. The van der Waals surface area contributed by atoms with Crippen LogP contribution in [-0.2, 0) is 20.7 Å². The third-order valence-electron chi connectivity index (χ3n) is 7.77. The van der Waals surface area contributed by atoms with Gasteiger partial charge in [-0.05, 0) is 71.0 Å². The molecule has 0 spiro atoms. The predicted molar refractivity (Wildman–Crippen MR) is 136 cm³/mol. The Balaban J connectivity index is 1.45. The molecule has 196 valence electrons. The van der Waals surface area contributed by atoms with Gasteiger partial charge in [0.2, 0.25) is 11.8 Å². The van der Waals surface area contributed by atoms with Crippen molar-refractivity contribution in [1.82, 2.24) is 20.1 Å². The Hall–Kier alpha value is -2.35. The Bertz CT molecular complexity index is 875. The summed E-state index contributed by atoms with van der Waals surface area (Å²) >= 11 is 0. The highest BCUT2D eigenvalue weighted by Crippen LogP contribution is 2.23. The highest BCUT2D eigenvalue weighted by atomic mass is 16.5. The minimum absolute atomic E-state index is 0.0657. The van der Waals surface area contributed by atoms with Gasteiger partial charge >= 0.3 is 5.97 Å². The van der Waals surface area contributed by atoms with Crippen LogP contribution in [0.4, 0.5) is 0 Å². The molecule has 2 heterocycles. The van der Waals surface area contributed by atoms with Crippen molar-refractivity contribution in [3.63, 3.8) is 0 Å². The molecule has 1 aromatic rings. The normalized spacial score (nSPS) is 19.1. The number of esters is 1. The summed E-state index contributed by atoms with van der Waals surface area (Å²) in [5, 5.41) is 3.11. The molecule has 1 aliphatic carbocycles. The molecule has 8 heteroatoms. The number of rotatable bonds is 10. The summed E-state index contributed by atoms with van der Waals surface area (Å²) in [4.78, 5) is 45.2. The zero-order chi connectivity index (χ0) is 25.4. The fourth-order valence-corrected chi connectivity index (χ4v) is 5.58. The molecular formula is C27H44N4O4. The lowest BCUT2D eigenvalue weighted by Gasteiger charge is -2.33. The van der Waals surface area contributed by atoms with Crippen molar-refractivity contribution >= 4 is 17.8 Å². The van der Waals surface area contributed by atoms with Crippen LogP contribution in [0, 0.1) is 19.8 Å². The average molecular weight is 489 g/mol. The van der Waals surface area contributed by atoms with Crippen molar-refractivity contribution in [3.05, 3.63) is 22.5 Å². The molecule has 1 saturated carbocycles. The maximum atomic E-state index is 13.0. The van der Waals surface area contributed by atoms with E-state index in [2.05, 4.69) is 22.2 Å². The number of carbonyl (C=O) groups excluding carboxylic acids is 3. The molecule has 1 aliphatic heterocycles. The van der Waals surface area contributed by atoms with Gasteiger partial charge in [0.1, 0.15) is 5.69 Å². The molecule has 0 aromatic carbocycles. The van der Waals surface area contributed by atoms with Crippen molar-refractivity contribution in [1.29, 1.82) is 0 Å². The Morgan fingerprint density at radius 2 is 1.86 bits per heavy atom. The SMILES string of the molecule is CCOC(=O)c1[nH]c(C)c(CCC(=O)N2CCCC(C(=O)NCCN(C)C3CCCCC3)C2)c1C. The van der Waals surface area contributed by atoms with Crippen LogP contribution in [0.3, 0.4) is 0 Å². The molecule has 35 heavy (non-hydrogen) atoms. The molecule has 3 rings (SSSR count). The first-order valence-corrected chi connectivity index (χ1v) is 13.4. The third kappa shape index (κ3) is 7.32. The monoisotopic (exact) mass is 488 g/mol. The maximum absolute atomic E-state index is 13.0. The van der Waals surface area contributed by atoms with E-state index in [0.717, 1.165) is 36.2 Å². The van der Waals surface area contributed by atoms with E-state index in [9.17, 15) is 14.4 Å². The number of likely N-dealkylation sites (tertiary alicyclic amines) is 1. The molecule has 2 aliphatic rings. The molecule has 2 amide bonds. The standard InChI is InChI=1S/C27H44N4O4/c1-5-35-27(34)25-19(2)23(20(3)29-25)13-14-24(32)31-16-9-10-21(18-31)26(33)28-15-17-30(4)22-11-7-6-8-12-22/h21-22,29H,5-18H2,1-4H3,(H,28,33). The average Bonchev–Trinajstić information content (AvgIpc) is 3.16. The van der Waals surface area contributed by atoms with E-state index < -0.39 is 0 Å². The second kappa shape index (κ2) is 13.1. The van der Waals surface area contributed by atoms with Crippen molar-refractivity contribution in [3.8, 4) is 0 Å². The van der Waals surface area contributed by atoms with Gasteiger partial charge in [0.25, 0.3) is 0 Å². The number of aromatic amines is 1. The van der Waals surface area contributed by atoms with Gasteiger partial charge in [-0.15, -0.1) is 0 Å². The number of piperidine rings is 1. The number of nitrogens with one attached hydrogen (secondary N) is 2. The Morgan fingerprint density at radius 1 is 1.11 bits per heavy atom. The van der Waals surface area contributed by atoms with Gasteiger partial charge < -0.3 is 24.8 Å². The predicted octanol–water partition coefficient (Wildman–Crippen LogP) is 3.36. The third-order valence-corrected chi connectivity index (χ3v) is 7.77. The molecule has 8 nitrogen and oxygen atoms in total. The van der Waals surface area contributed by atoms with Crippen molar-refractivity contribution in [2.75, 3.05) is 39.8 Å². The maximum Gasteiger partial charge on any atom is 0.355 e. The topological polar surface area (TPSA) is 94.7 Å². The zero-order valence-corrected chi connectivity index (χ0v) is 22.1. The molecule has 2 fully saturated rings. The van der Waals surface area contributed by atoms with Crippen molar-refractivity contribution < 1.29 is 19.1 Å². The summed E-state index contributed by atoms with van der Waals surface area (Å²) in [6, 6.07) is 0.643. The number of carbonyl (C=O) groups is 3. The molecule has 2 N–H and O–H groups in total. The van der Waals surface area contributed by atoms with Crippen molar-refractivity contribution in [2.24, 2.45) is 5.92 Å². The van der Waals surface area contributed by atoms with Crippen LogP contribution in [0.2, 0.25) is 0 Å². The Morgan fingerprint density at radius 3 is 2.57 bits per heavy atom. The fourth-order valence-electron chi connectivity index (χ4n) is 5.58. The lowest BCUT2D eigenvalue weighted by Crippen LogP contribution is -2.47. The van der Waals surface area contributed by atoms with Gasteiger partial charge in [0, 0.05) is 44.3 Å². The van der Waals surface area contributed by atoms with Crippen LogP contribution in [0.25, 0.3) is 0 Å². The zero-order valence-electron chi connectivity index (χ0n) is 22.1. The second-order valence-corrected chi connectivity index (χ2v) is 10.2. The van der Waals surface area contributed by atoms with Gasteiger partial charge in [-0.1, -0.05) is 19.3 Å². The highest BCUT2D eigenvalue weighted by Gasteiger charge is 2.29. The van der Waals surface area contributed by atoms with Gasteiger partial charge in [-0.25, -0.2) is 4.79 Å². The summed E-state index contributed by atoms with van der Waals surface area (Å²) in [5.41, 5.74) is 3.21. The minimum Gasteiger partial charge on any atom is -0.461 e. The molecular weight excluding hydrogens is 444 g/mol. The second-order valence-electron chi connectivity index (χ2n) is 10.2.